The molecule has 0 aliphatic carbocycles. The Labute approximate surface area is 96.8 Å². The first-order chi connectivity index (χ1) is 3.48. The zero-order valence-electron chi connectivity index (χ0n) is 4.61. The van der Waals surface area contributed by atoms with Crippen LogP contribution in [-0.2, 0) is 4.57 Å². The average Bonchev–Trinajstić information content (AvgIpc) is 1.62. The van der Waals surface area contributed by atoms with E-state index in [9.17, 15) is 4.57 Å². The molecular formula is C3H11KNO3P. The summed E-state index contributed by atoms with van der Waals surface area (Å²) in [4.78, 5) is 16.5. The van der Waals surface area contributed by atoms with Crippen molar-refractivity contribution in [2.75, 3.05) is 0 Å². The molecule has 0 aromatic heterocycles. The third kappa shape index (κ3) is 6.16. The molecule has 0 spiro atoms. The van der Waals surface area contributed by atoms with Gasteiger partial charge in [-0.05, 0) is 6.42 Å². The quantitative estimate of drug-likeness (QED) is 0.383. The van der Waals surface area contributed by atoms with Gasteiger partial charge in [-0.15, -0.1) is 0 Å². The van der Waals surface area contributed by atoms with Crippen LogP contribution in [0.15, 0.2) is 0 Å². The Hall–Kier alpha value is 1.75. The van der Waals surface area contributed by atoms with Gasteiger partial charge in [0.15, 0.2) is 0 Å². The first-order valence-corrected chi connectivity index (χ1v) is 3.97. The van der Waals surface area contributed by atoms with Crippen LogP contribution in [0, 0.1) is 0 Å². The number of hydrogen-bond donors (Lipinski definition) is 3. The Balaban J connectivity index is 0. The van der Waals surface area contributed by atoms with Crippen molar-refractivity contribution in [3.05, 3.63) is 0 Å². The van der Waals surface area contributed by atoms with E-state index >= 15 is 0 Å². The van der Waals surface area contributed by atoms with E-state index in [1.54, 1.807) is 6.92 Å². The molecule has 6 heteroatoms. The summed E-state index contributed by atoms with van der Waals surface area (Å²) in [5.41, 5.74) is 4.99. The van der Waals surface area contributed by atoms with E-state index in [0.29, 0.717) is 6.42 Å². The minimum atomic E-state index is -3.98. The normalized spacial score (nSPS) is 14.2. The van der Waals surface area contributed by atoms with Crippen LogP contribution < -0.4 is 5.73 Å². The summed E-state index contributed by atoms with van der Waals surface area (Å²) in [6.07, 6.45) is 0.310. The topological polar surface area (TPSA) is 83.6 Å². The van der Waals surface area contributed by atoms with Crippen molar-refractivity contribution in [1.29, 1.82) is 0 Å². The summed E-state index contributed by atoms with van der Waals surface area (Å²) in [6, 6.07) is 0. The van der Waals surface area contributed by atoms with Gasteiger partial charge in [0.2, 0.25) is 0 Å². The second-order valence-electron chi connectivity index (χ2n) is 1.56. The summed E-state index contributed by atoms with van der Waals surface area (Å²) in [7, 11) is -3.98. The van der Waals surface area contributed by atoms with Crippen molar-refractivity contribution >= 4 is 59.0 Å². The molecule has 1 atom stereocenters. The van der Waals surface area contributed by atoms with E-state index in [2.05, 4.69) is 0 Å². The average molecular weight is 179 g/mol. The first-order valence-electron chi connectivity index (χ1n) is 2.29. The van der Waals surface area contributed by atoms with Gasteiger partial charge in [0.05, 0.1) is 0 Å². The monoisotopic (exact) mass is 179 g/mol. The maximum atomic E-state index is 10.1. The molecule has 0 radical (unpaired) electrons. The molecule has 0 rings (SSSR count). The van der Waals surface area contributed by atoms with E-state index < -0.39 is 13.4 Å². The molecular weight excluding hydrogens is 168 g/mol. The van der Waals surface area contributed by atoms with E-state index in [1.807, 2.05) is 0 Å². The van der Waals surface area contributed by atoms with Crippen LogP contribution in [0.25, 0.3) is 0 Å². The molecule has 4 N–H and O–H groups in total. The summed E-state index contributed by atoms with van der Waals surface area (Å²) < 4.78 is 10.1. The predicted octanol–water partition coefficient (Wildman–Crippen LogP) is -0.790. The van der Waals surface area contributed by atoms with Crippen molar-refractivity contribution < 1.29 is 14.4 Å². The van der Waals surface area contributed by atoms with E-state index in [4.69, 9.17) is 15.5 Å². The third-order valence-electron chi connectivity index (χ3n) is 0.850. The van der Waals surface area contributed by atoms with Gasteiger partial charge in [-0.1, -0.05) is 6.92 Å². The Morgan fingerprint density at radius 2 is 2.00 bits per heavy atom. The van der Waals surface area contributed by atoms with Gasteiger partial charge >= 0.3 is 59.0 Å². The van der Waals surface area contributed by atoms with Crippen LogP contribution in [-0.4, -0.2) is 67.0 Å². The molecule has 0 aliphatic rings. The first kappa shape index (κ1) is 13.3. The maximum absolute atomic E-state index is 10.1. The van der Waals surface area contributed by atoms with Gasteiger partial charge in [0, 0.05) is 0 Å². The predicted molar refractivity (Wildman–Crippen MR) is 37.5 cm³/mol. The van der Waals surface area contributed by atoms with E-state index in [1.165, 1.54) is 0 Å². The summed E-state index contributed by atoms with van der Waals surface area (Å²) in [5, 5.41) is 0. The Morgan fingerprint density at radius 1 is 1.67 bits per heavy atom. The van der Waals surface area contributed by atoms with Crippen LogP contribution in [0.2, 0.25) is 0 Å². The zero-order chi connectivity index (χ0) is 6.78. The minimum absolute atomic E-state index is 0. The zero-order valence-corrected chi connectivity index (χ0v) is 5.51. The molecule has 4 nitrogen and oxygen atoms in total. The Kier molecular flexibility index (Phi) is 8.01. The molecule has 0 fully saturated rings. The number of nitrogens with two attached hydrogens (primary N) is 1. The van der Waals surface area contributed by atoms with Gasteiger partial charge in [0.25, 0.3) is 0 Å². The summed E-state index contributed by atoms with van der Waals surface area (Å²) in [6.45, 7) is 1.63. The molecule has 0 saturated heterocycles. The molecule has 0 aromatic rings. The molecule has 52 valence electrons. The SMILES string of the molecule is CCC(N)P(=O)(O)O.[KH]. The van der Waals surface area contributed by atoms with Crippen molar-refractivity contribution in [3.63, 3.8) is 0 Å². The molecule has 0 aliphatic heterocycles. The van der Waals surface area contributed by atoms with Gasteiger partial charge in [0.1, 0.15) is 5.78 Å². The van der Waals surface area contributed by atoms with Crippen molar-refractivity contribution in [2.24, 2.45) is 5.73 Å². The molecule has 1 unspecified atom stereocenters. The van der Waals surface area contributed by atoms with Crippen molar-refractivity contribution in [3.8, 4) is 0 Å². The van der Waals surface area contributed by atoms with Gasteiger partial charge in [-0.3, -0.25) is 4.57 Å². The Bertz CT molecular complexity index is 114. The van der Waals surface area contributed by atoms with Gasteiger partial charge in [-0.2, -0.15) is 0 Å². The van der Waals surface area contributed by atoms with Gasteiger partial charge < -0.3 is 15.5 Å². The molecule has 0 amide bonds. The fraction of sp³-hybridized carbons (Fsp3) is 1.00. The summed E-state index contributed by atoms with van der Waals surface area (Å²) >= 11 is 0. The molecule has 0 aromatic carbocycles. The van der Waals surface area contributed by atoms with E-state index in [0.717, 1.165) is 0 Å². The van der Waals surface area contributed by atoms with Crippen LogP contribution >= 0.6 is 7.60 Å². The fourth-order valence-corrected chi connectivity index (χ4v) is 0.714. The number of rotatable bonds is 2. The molecule has 0 saturated carbocycles. The summed E-state index contributed by atoms with van der Waals surface area (Å²) in [5.74, 6) is -0.984. The van der Waals surface area contributed by atoms with Crippen molar-refractivity contribution in [1.82, 2.24) is 0 Å². The Morgan fingerprint density at radius 3 is 2.00 bits per heavy atom. The fourth-order valence-electron chi connectivity index (χ4n) is 0.238. The van der Waals surface area contributed by atoms with Gasteiger partial charge in [-0.25, -0.2) is 0 Å². The standard InChI is InChI=1S/C3H10NO3P.K.H/c1-2-3(4)8(5,6)7;;/h3H,2,4H2,1H3,(H2,5,6,7);;. The second-order valence-corrected chi connectivity index (χ2v) is 3.41. The van der Waals surface area contributed by atoms with Crippen LogP contribution in [0.3, 0.4) is 0 Å². The van der Waals surface area contributed by atoms with Crippen molar-refractivity contribution in [2.45, 2.75) is 19.1 Å². The molecule has 9 heavy (non-hydrogen) atoms. The molecule has 0 heterocycles. The van der Waals surface area contributed by atoms with Crippen LogP contribution in [0.1, 0.15) is 13.3 Å². The second kappa shape index (κ2) is 5.40. The molecule has 0 bridgehead atoms. The van der Waals surface area contributed by atoms with Crippen LogP contribution in [0.4, 0.5) is 0 Å². The van der Waals surface area contributed by atoms with Crippen LogP contribution in [0.5, 0.6) is 0 Å². The van der Waals surface area contributed by atoms with E-state index in [-0.39, 0.29) is 51.4 Å². The third-order valence-corrected chi connectivity index (χ3v) is 2.08. The number of hydrogen-bond acceptors (Lipinski definition) is 2.